The van der Waals surface area contributed by atoms with Gasteiger partial charge in [0.15, 0.2) is 5.58 Å². The molecular weight excluding hydrogens is 262 g/mol. The van der Waals surface area contributed by atoms with E-state index in [2.05, 4.69) is 16.9 Å². The number of hydrogen-bond acceptors (Lipinski definition) is 4. The Labute approximate surface area is 121 Å². The lowest BCUT2D eigenvalue weighted by atomic mass is 10.1. The molecule has 21 heavy (non-hydrogen) atoms. The minimum atomic E-state index is 0.794. The molecule has 0 aliphatic rings. The molecule has 0 aromatic carbocycles. The molecule has 0 amide bonds. The lowest BCUT2D eigenvalue weighted by Gasteiger charge is -2.05. The molecule has 102 valence electrons. The van der Waals surface area contributed by atoms with Gasteiger partial charge in [-0.1, -0.05) is 0 Å². The molecule has 4 heteroatoms. The molecule has 0 bridgehead atoms. The van der Waals surface area contributed by atoms with Crippen molar-refractivity contribution in [3.05, 3.63) is 54.2 Å². The van der Waals surface area contributed by atoms with Gasteiger partial charge >= 0.3 is 0 Å². The topological polar surface area (TPSA) is 51.8 Å². The summed E-state index contributed by atoms with van der Waals surface area (Å²) in [5, 5.41) is 1.05. The van der Waals surface area contributed by atoms with Crippen LogP contribution in [0.5, 0.6) is 0 Å². The maximum Gasteiger partial charge on any atom is 0.163 e. The first-order chi connectivity index (χ1) is 10.3. The van der Waals surface area contributed by atoms with Crippen molar-refractivity contribution in [1.29, 1.82) is 0 Å². The number of nitrogens with zero attached hydrogens (tertiary/aromatic N) is 3. The van der Waals surface area contributed by atoms with Crippen LogP contribution in [0.1, 0.15) is 11.3 Å². The van der Waals surface area contributed by atoms with Gasteiger partial charge in [0.05, 0.1) is 10.9 Å². The van der Waals surface area contributed by atoms with E-state index in [1.54, 1.807) is 18.6 Å². The van der Waals surface area contributed by atoms with Gasteiger partial charge in [0, 0.05) is 29.7 Å². The van der Waals surface area contributed by atoms with Gasteiger partial charge < -0.3 is 4.42 Å². The number of furan rings is 1. The molecule has 4 heterocycles. The second-order valence-electron chi connectivity index (χ2n) is 5.05. The molecule has 0 radical (unpaired) electrons. The Balaban J connectivity index is 2.22. The van der Waals surface area contributed by atoms with Crippen molar-refractivity contribution in [2.75, 3.05) is 0 Å². The quantitative estimate of drug-likeness (QED) is 0.525. The minimum Gasteiger partial charge on any atom is -0.459 e. The van der Waals surface area contributed by atoms with E-state index >= 15 is 0 Å². The van der Waals surface area contributed by atoms with Gasteiger partial charge in [-0.2, -0.15) is 0 Å². The predicted octanol–water partition coefficient (Wildman–Crippen LogP) is 4.05. The van der Waals surface area contributed by atoms with Gasteiger partial charge in [-0.15, -0.1) is 0 Å². The van der Waals surface area contributed by atoms with Crippen molar-refractivity contribution >= 4 is 22.0 Å². The van der Waals surface area contributed by atoms with Crippen LogP contribution in [0, 0.1) is 13.8 Å². The molecule has 0 N–H and O–H groups in total. The fourth-order valence-electron chi connectivity index (χ4n) is 2.64. The van der Waals surface area contributed by atoms with Crippen molar-refractivity contribution in [1.82, 2.24) is 15.0 Å². The van der Waals surface area contributed by atoms with Crippen LogP contribution in [0.4, 0.5) is 0 Å². The number of fused-ring (bicyclic) bond motifs is 3. The second kappa shape index (κ2) is 4.38. The number of aromatic nitrogens is 3. The third-order valence-electron chi connectivity index (χ3n) is 3.81. The largest absolute Gasteiger partial charge is 0.459 e. The average Bonchev–Trinajstić information content (AvgIpc) is 2.83. The number of aryl methyl sites for hydroxylation is 2. The van der Waals surface area contributed by atoms with Crippen LogP contribution in [-0.2, 0) is 0 Å². The monoisotopic (exact) mass is 275 g/mol. The summed E-state index contributed by atoms with van der Waals surface area (Å²) in [6, 6.07) is 7.77. The maximum absolute atomic E-state index is 5.97. The van der Waals surface area contributed by atoms with Gasteiger partial charge in [-0.25, -0.2) is 4.98 Å². The zero-order chi connectivity index (χ0) is 14.4. The minimum absolute atomic E-state index is 0.794. The van der Waals surface area contributed by atoms with Crippen LogP contribution in [0.2, 0.25) is 0 Å². The van der Waals surface area contributed by atoms with Crippen molar-refractivity contribution in [2.24, 2.45) is 0 Å². The number of pyridine rings is 3. The molecule has 4 rings (SSSR count). The van der Waals surface area contributed by atoms with Crippen LogP contribution in [0.3, 0.4) is 0 Å². The summed E-state index contributed by atoms with van der Waals surface area (Å²) in [7, 11) is 0. The third-order valence-corrected chi connectivity index (χ3v) is 3.81. The highest BCUT2D eigenvalue weighted by molar-refractivity contribution is 6.08. The highest BCUT2D eigenvalue weighted by Crippen LogP contribution is 2.35. The SMILES string of the molecule is Cc1oc2c(-c3ccncc3)nc3cccnc3c2c1C. The summed E-state index contributed by atoms with van der Waals surface area (Å²) in [6.07, 6.45) is 5.31. The molecule has 0 atom stereocenters. The Morgan fingerprint density at radius 1 is 1.00 bits per heavy atom. The molecule has 4 aromatic heterocycles. The average molecular weight is 275 g/mol. The smallest absolute Gasteiger partial charge is 0.163 e. The van der Waals surface area contributed by atoms with Crippen LogP contribution in [0.25, 0.3) is 33.3 Å². The number of hydrogen-bond donors (Lipinski definition) is 0. The lowest BCUT2D eigenvalue weighted by molar-refractivity contribution is 0.575. The first kappa shape index (κ1) is 12.0. The fraction of sp³-hybridized carbons (Fsp3) is 0.118. The highest BCUT2D eigenvalue weighted by atomic mass is 16.3. The third kappa shape index (κ3) is 1.72. The normalized spacial score (nSPS) is 11.3. The van der Waals surface area contributed by atoms with Crippen LogP contribution < -0.4 is 0 Å². The summed E-state index contributed by atoms with van der Waals surface area (Å²) in [5.74, 6) is 0.903. The Morgan fingerprint density at radius 3 is 2.62 bits per heavy atom. The molecule has 0 spiro atoms. The molecule has 0 aliphatic carbocycles. The molecule has 0 fully saturated rings. The highest BCUT2D eigenvalue weighted by Gasteiger charge is 2.18. The van der Waals surface area contributed by atoms with Crippen LogP contribution in [-0.4, -0.2) is 15.0 Å². The summed E-state index contributed by atoms with van der Waals surface area (Å²) >= 11 is 0. The van der Waals surface area contributed by atoms with E-state index < -0.39 is 0 Å². The predicted molar refractivity (Wildman–Crippen MR) is 82.0 cm³/mol. The Hall–Kier alpha value is -2.75. The molecule has 0 aliphatic heterocycles. The Bertz CT molecular complexity index is 958. The zero-order valence-corrected chi connectivity index (χ0v) is 11.8. The van der Waals surface area contributed by atoms with Crippen molar-refractivity contribution in [2.45, 2.75) is 13.8 Å². The van der Waals surface area contributed by atoms with Gasteiger partial charge in [0.1, 0.15) is 17.0 Å². The van der Waals surface area contributed by atoms with E-state index in [0.29, 0.717) is 0 Å². The molecule has 0 unspecified atom stereocenters. The fourth-order valence-corrected chi connectivity index (χ4v) is 2.64. The summed E-state index contributed by atoms with van der Waals surface area (Å²) in [6.45, 7) is 4.03. The van der Waals surface area contributed by atoms with E-state index in [-0.39, 0.29) is 0 Å². The van der Waals surface area contributed by atoms with E-state index in [9.17, 15) is 0 Å². The zero-order valence-electron chi connectivity index (χ0n) is 11.8. The molecule has 0 saturated heterocycles. The molecule has 4 aromatic rings. The van der Waals surface area contributed by atoms with Gasteiger partial charge in [0.2, 0.25) is 0 Å². The lowest BCUT2D eigenvalue weighted by Crippen LogP contribution is -1.90. The summed E-state index contributed by atoms with van der Waals surface area (Å²) < 4.78 is 5.97. The number of rotatable bonds is 1. The summed E-state index contributed by atoms with van der Waals surface area (Å²) in [5.41, 5.74) is 5.51. The maximum atomic E-state index is 5.97. The van der Waals surface area contributed by atoms with E-state index in [0.717, 1.165) is 44.6 Å². The van der Waals surface area contributed by atoms with Crippen molar-refractivity contribution < 1.29 is 4.42 Å². The van der Waals surface area contributed by atoms with Gasteiger partial charge in [-0.05, 0) is 38.1 Å². The van der Waals surface area contributed by atoms with E-state index in [1.165, 1.54) is 0 Å². The van der Waals surface area contributed by atoms with Crippen molar-refractivity contribution in [3.8, 4) is 11.3 Å². The first-order valence-electron chi connectivity index (χ1n) is 6.80. The van der Waals surface area contributed by atoms with E-state index in [1.807, 2.05) is 31.2 Å². The van der Waals surface area contributed by atoms with Gasteiger partial charge in [-0.3, -0.25) is 9.97 Å². The standard InChI is InChI=1S/C17H13N3O/c1-10-11(2)21-17-14(10)16-13(4-3-7-19-16)20-15(17)12-5-8-18-9-6-12/h3-9H,1-2H3. The van der Waals surface area contributed by atoms with Crippen LogP contribution >= 0.6 is 0 Å². The Morgan fingerprint density at radius 2 is 1.81 bits per heavy atom. The first-order valence-corrected chi connectivity index (χ1v) is 6.80. The van der Waals surface area contributed by atoms with Gasteiger partial charge in [0.25, 0.3) is 0 Å². The molecule has 0 saturated carbocycles. The molecule has 4 nitrogen and oxygen atoms in total. The van der Waals surface area contributed by atoms with Crippen LogP contribution in [0.15, 0.2) is 47.3 Å². The van der Waals surface area contributed by atoms with E-state index in [4.69, 9.17) is 9.40 Å². The molecular formula is C17H13N3O. The summed E-state index contributed by atoms with van der Waals surface area (Å²) in [4.78, 5) is 13.3. The Kier molecular flexibility index (Phi) is 2.51. The van der Waals surface area contributed by atoms with Crippen molar-refractivity contribution in [3.63, 3.8) is 0 Å². The second-order valence-corrected chi connectivity index (χ2v) is 5.05.